The lowest BCUT2D eigenvalue weighted by Crippen LogP contribution is -2.23. The molecular formula is C11H9ClF4N2O. The van der Waals surface area contributed by atoms with Crippen molar-refractivity contribution in [3.8, 4) is 6.07 Å². The Morgan fingerprint density at radius 3 is 2.53 bits per heavy atom. The molecule has 0 saturated heterocycles. The molecule has 1 aromatic rings. The number of alkyl halides is 4. The fourth-order valence-electron chi connectivity index (χ4n) is 1.41. The molecule has 1 rings (SSSR count). The van der Waals surface area contributed by atoms with E-state index < -0.39 is 29.3 Å². The van der Waals surface area contributed by atoms with Crippen LogP contribution in [0, 0.1) is 17.1 Å². The molecule has 2 N–H and O–H groups in total. The number of hydrogen-bond acceptors (Lipinski definition) is 3. The van der Waals surface area contributed by atoms with E-state index in [9.17, 15) is 22.7 Å². The number of hydrogen-bond donors (Lipinski definition) is 2. The minimum atomic E-state index is -4.95. The lowest BCUT2D eigenvalue weighted by Gasteiger charge is -2.17. The van der Waals surface area contributed by atoms with Gasteiger partial charge >= 0.3 is 6.18 Å². The van der Waals surface area contributed by atoms with Crippen LogP contribution >= 0.6 is 11.6 Å². The number of aliphatic hydroxyl groups is 1. The van der Waals surface area contributed by atoms with Crippen LogP contribution in [0.4, 0.5) is 23.2 Å². The van der Waals surface area contributed by atoms with Crippen LogP contribution in [0.25, 0.3) is 0 Å². The van der Waals surface area contributed by atoms with Crippen LogP contribution in [0.3, 0.4) is 0 Å². The predicted octanol–water partition coefficient (Wildman–Crippen LogP) is 2.73. The third-order valence-corrected chi connectivity index (χ3v) is 2.61. The Balaban J connectivity index is 3.25. The fraction of sp³-hybridized carbons (Fsp3) is 0.364. The maximum Gasteiger partial charge on any atom is 0.421 e. The third-order valence-electron chi connectivity index (χ3n) is 2.25. The van der Waals surface area contributed by atoms with Crippen LogP contribution in [0.1, 0.15) is 11.1 Å². The second kappa shape index (κ2) is 6.08. The van der Waals surface area contributed by atoms with Gasteiger partial charge in [0, 0.05) is 6.54 Å². The summed E-state index contributed by atoms with van der Waals surface area (Å²) in [5.41, 5.74) is -2.62. The van der Waals surface area contributed by atoms with Crippen LogP contribution in [0.5, 0.6) is 0 Å². The van der Waals surface area contributed by atoms with Gasteiger partial charge in [-0.1, -0.05) is 0 Å². The number of nitrogens with one attached hydrogen (secondary N) is 1. The second-order valence-corrected chi connectivity index (χ2v) is 3.95. The van der Waals surface area contributed by atoms with Crippen molar-refractivity contribution in [1.29, 1.82) is 5.26 Å². The smallest absolute Gasteiger partial charge is 0.390 e. The van der Waals surface area contributed by atoms with Crippen molar-refractivity contribution in [3.63, 3.8) is 0 Å². The molecule has 8 heteroatoms. The van der Waals surface area contributed by atoms with E-state index in [1.165, 1.54) is 6.07 Å². The summed E-state index contributed by atoms with van der Waals surface area (Å²) in [6, 6.07) is 3.04. The predicted molar refractivity (Wildman–Crippen MR) is 61.3 cm³/mol. The Morgan fingerprint density at radius 2 is 2.05 bits per heavy atom. The maximum atomic E-state index is 13.3. The van der Waals surface area contributed by atoms with Crippen molar-refractivity contribution >= 4 is 17.3 Å². The highest BCUT2D eigenvalue weighted by Crippen LogP contribution is 2.38. The molecule has 0 aliphatic carbocycles. The molecule has 0 saturated carbocycles. The number of rotatable bonds is 4. The molecule has 0 amide bonds. The first-order valence-electron chi connectivity index (χ1n) is 5.09. The van der Waals surface area contributed by atoms with Crippen molar-refractivity contribution in [2.45, 2.75) is 12.3 Å². The Kier molecular flexibility index (Phi) is 4.97. The van der Waals surface area contributed by atoms with E-state index in [1.54, 1.807) is 0 Å². The van der Waals surface area contributed by atoms with Crippen LogP contribution in [0.15, 0.2) is 12.1 Å². The Labute approximate surface area is 111 Å². The summed E-state index contributed by atoms with van der Waals surface area (Å²) in [6.07, 6.45) is -6.07. The third kappa shape index (κ3) is 3.72. The van der Waals surface area contributed by atoms with Gasteiger partial charge in [-0.15, -0.1) is 11.6 Å². The van der Waals surface area contributed by atoms with Gasteiger partial charge in [0.05, 0.1) is 23.2 Å². The first-order valence-corrected chi connectivity index (χ1v) is 5.62. The zero-order valence-electron chi connectivity index (χ0n) is 9.43. The molecule has 0 bridgehead atoms. The zero-order chi connectivity index (χ0) is 14.6. The number of nitrogens with zero attached hydrogens (tertiary/aromatic N) is 1. The molecule has 0 aliphatic rings. The average Bonchev–Trinajstić information content (AvgIpc) is 2.34. The molecule has 0 aromatic heterocycles. The van der Waals surface area contributed by atoms with Gasteiger partial charge in [0.15, 0.2) is 0 Å². The summed E-state index contributed by atoms with van der Waals surface area (Å²) in [5, 5.41) is 20.2. The van der Waals surface area contributed by atoms with Crippen molar-refractivity contribution in [2.75, 3.05) is 17.7 Å². The van der Waals surface area contributed by atoms with Gasteiger partial charge < -0.3 is 10.4 Å². The zero-order valence-corrected chi connectivity index (χ0v) is 10.2. The van der Waals surface area contributed by atoms with Crippen LogP contribution in [-0.2, 0) is 6.18 Å². The largest absolute Gasteiger partial charge is 0.421 e. The van der Waals surface area contributed by atoms with E-state index >= 15 is 0 Å². The van der Waals surface area contributed by atoms with Crippen molar-refractivity contribution in [3.05, 3.63) is 29.1 Å². The average molecular weight is 297 g/mol. The van der Waals surface area contributed by atoms with Gasteiger partial charge in [-0.25, -0.2) is 4.39 Å². The lowest BCUT2D eigenvalue weighted by atomic mass is 10.1. The molecule has 0 heterocycles. The summed E-state index contributed by atoms with van der Waals surface area (Å²) in [4.78, 5) is 0. The number of nitriles is 1. The SMILES string of the molecule is N#Cc1ccc(F)c(C(F)(F)F)c1NCC(O)CCl. The van der Waals surface area contributed by atoms with Gasteiger partial charge in [-0.05, 0) is 12.1 Å². The van der Waals surface area contributed by atoms with Crippen molar-refractivity contribution in [2.24, 2.45) is 0 Å². The summed E-state index contributed by atoms with van der Waals surface area (Å²) in [7, 11) is 0. The van der Waals surface area contributed by atoms with E-state index in [4.69, 9.17) is 16.9 Å². The van der Waals surface area contributed by atoms with Gasteiger partial charge in [-0.2, -0.15) is 18.4 Å². The highest BCUT2D eigenvalue weighted by molar-refractivity contribution is 6.18. The van der Waals surface area contributed by atoms with E-state index in [0.29, 0.717) is 6.07 Å². The maximum absolute atomic E-state index is 13.3. The molecule has 104 valence electrons. The second-order valence-electron chi connectivity index (χ2n) is 3.64. The van der Waals surface area contributed by atoms with Crippen molar-refractivity contribution in [1.82, 2.24) is 0 Å². The molecule has 0 fully saturated rings. The van der Waals surface area contributed by atoms with Crippen LogP contribution in [0.2, 0.25) is 0 Å². The molecular weight excluding hydrogens is 288 g/mol. The Bertz CT molecular complexity index is 499. The number of anilines is 1. The molecule has 3 nitrogen and oxygen atoms in total. The highest BCUT2D eigenvalue weighted by Gasteiger charge is 2.38. The van der Waals surface area contributed by atoms with Crippen LogP contribution in [-0.4, -0.2) is 23.6 Å². The van der Waals surface area contributed by atoms with Crippen molar-refractivity contribution < 1.29 is 22.7 Å². The minimum Gasteiger partial charge on any atom is -0.390 e. The van der Waals surface area contributed by atoms with E-state index in [1.807, 2.05) is 0 Å². The first kappa shape index (κ1) is 15.5. The highest BCUT2D eigenvalue weighted by atomic mass is 35.5. The first-order chi connectivity index (χ1) is 8.81. The molecule has 19 heavy (non-hydrogen) atoms. The van der Waals surface area contributed by atoms with Crippen LogP contribution < -0.4 is 5.32 Å². The Hall–Kier alpha value is -1.52. The topological polar surface area (TPSA) is 56.0 Å². The summed E-state index contributed by atoms with van der Waals surface area (Å²) < 4.78 is 51.6. The summed E-state index contributed by atoms with van der Waals surface area (Å²) in [5.74, 6) is -1.69. The standard InChI is InChI=1S/C11H9ClF4N2O/c12-3-7(19)5-18-10-6(4-17)1-2-8(13)9(10)11(14,15)16/h1-2,7,18-19H,3,5H2. The monoisotopic (exact) mass is 296 g/mol. The molecule has 0 radical (unpaired) electrons. The molecule has 0 aliphatic heterocycles. The van der Waals surface area contributed by atoms with E-state index in [2.05, 4.69) is 5.32 Å². The molecule has 1 atom stereocenters. The van der Waals surface area contributed by atoms with E-state index in [-0.39, 0.29) is 18.0 Å². The fourth-order valence-corrected chi connectivity index (χ4v) is 1.51. The normalized spacial score (nSPS) is 12.9. The lowest BCUT2D eigenvalue weighted by molar-refractivity contribution is -0.139. The molecule has 0 spiro atoms. The number of benzene rings is 1. The van der Waals surface area contributed by atoms with Gasteiger partial charge in [0.1, 0.15) is 17.4 Å². The Morgan fingerprint density at radius 1 is 1.42 bits per heavy atom. The number of aliphatic hydroxyl groups excluding tert-OH is 1. The molecule has 1 aromatic carbocycles. The van der Waals surface area contributed by atoms with Gasteiger partial charge in [-0.3, -0.25) is 0 Å². The summed E-state index contributed by atoms with van der Waals surface area (Å²) in [6.45, 7) is -0.329. The van der Waals surface area contributed by atoms with Gasteiger partial charge in [0.2, 0.25) is 0 Å². The minimum absolute atomic E-state index is 0.203. The summed E-state index contributed by atoms with van der Waals surface area (Å²) >= 11 is 5.30. The number of halogens is 5. The van der Waals surface area contributed by atoms with Gasteiger partial charge in [0.25, 0.3) is 0 Å². The quantitative estimate of drug-likeness (QED) is 0.663. The molecule has 1 unspecified atom stereocenters. The van der Waals surface area contributed by atoms with E-state index in [0.717, 1.165) is 6.07 Å².